The highest BCUT2D eigenvalue weighted by molar-refractivity contribution is 6.31. The summed E-state index contributed by atoms with van der Waals surface area (Å²) < 4.78 is 47.0. The second kappa shape index (κ2) is 7.67. The molecule has 0 saturated heterocycles. The number of carbonyl (C=O) groups excluding carboxylic acids is 1. The van der Waals surface area contributed by atoms with E-state index in [2.05, 4.69) is 9.84 Å². The quantitative estimate of drug-likeness (QED) is 0.732. The second-order valence-corrected chi connectivity index (χ2v) is 5.23. The molecule has 6 nitrogen and oxygen atoms in total. The van der Waals surface area contributed by atoms with Crippen molar-refractivity contribution in [2.75, 3.05) is 13.2 Å². The Morgan fingerprint density at radius 1 is 1.39 bits per heavy atom. The van der Waals surface area contributed by atoms with E-state index in [0.717, 1.165) is 4.68 Å². The van der Waals surface area contributed by atoms with Crippen LogP contribution in [0, 0.1) is 0 Å². The maximum atomic E-state index is 12.3. The van der Waals surface area contributed by atoms with Crippen molar-refractivity contribution >= 4 is 17.6 Å². The van der Waals surface area contributed by atoms with Crippen LogP contribution in [0.5, 0.6) is 5.75 Å². The predicted molar refractivity (Wildman–Crippen MR) is 75.8 cm³/mol. The molecule has 0 atom stereocenters. The predicted octanol–water partition coefficient (Wildman–Crippen LogP) is 2.52. The Morgan fingerprint density at radius 3 is 2.48 bits per heavy atom. The van der Waals surface area contributed by atoms with E-state index < -0.39 is 41.6 Å². The van der Waals surface area contributed by atoms with Crippen LogP contribution in [-0.2, 0) is 16.1 Å². The molecular formula is C13H16ClF3N2O4. The molecule has 0 aliphatic heterocycles. The molecule has 130 valence electrons. The number of rotatable bonds is 6. The van der Waals surface area contributed by atoms with Gasteiger partial charge in [0.25, 0.3) is 5.56 Å². The van der Waals surface area contributed by atoms with Gasteiger partial charge >= 0.3 is 12.1 Å². The first-order valence-electron chi connectivity index (χ1n) is 6.72. The average Bonchev–Trinajstić information content (AvgIpc) is 2.41. The molecule has 0 N–H and O–H groups in total. The highest BCUT2D eigenvalue weighted by Crippen LogP contribution is 2.30. The highest BCUT2D eigenvalue weighted by Gasteiger charge is 2.31. The molecule has 0 aromatic carbocycles. The molecule has 0 fully saturated rings. The van der Waals surface area contributed by atoms with E-state index in [1.165, 1.54) is 0 Å². The van der Waals surface area contributed by atoms with Crippen LogP contribution in [-0.4, -0.2) is 35.1 Å². The molecule has 1 aromatic rings. The first-order chi connectivity index (χ1) is 10.6. The van der Waals surface area contributed by atoms with E-state index in [9.17, 15) is 22.8 Å². The van der Waals surface area contributed by atoms with Crippen LogP contribution in [0.3, 0.4) is 0 Å². The topological polar surface area (TPSA) is 70.4 Å². The zero-order valence-corrected chi connectivity index (χ0v) is 13.5. The summed E-state index contributed by atoms with van der Waals surface area (Å²) in [5, 5.41) is 3.32. The van der Waals surface area contributed by atoms with Crippen LogP contribution in [0.2, 0.25) is 5.02 Å². The summed E-state index contributed by atoms with van der Waals surface area (Å²) in [6.07, 6.45) is -4.59. The van der Waals surface area contributed by atoms with Gasteiger partial charge in [-0.2, -0.15) is 18.3 Å². The number of esters is 1. The first-order valence-corrected chi connectivity index (χ1v) is 7.10. The number of ether oxygens (including phenoxy) is 2. The van der Waals surface area contributed by atoms with E-state index in [1.807, 2.05) is 0 Å². The Bertz CT molecular complexity index is 629. The zero-order valence-electron chi connectivity index (χ0n) is 12.7. The molecule has 0 saturated carbocycles. The molecule has 1 aromatic heterocycles. The Balaban J connectivity index is 3.25. The molecule has 0 aliphatic carbocycles. The van der Waals surface area contributed by atoms with E-state index in [-0.39, 0.29) is 18.2 Å². The highest BCUT2D eigenvalue weighted by atomic mass is 35.5. The van der Waals surface area contributed by atoms with Gasteiger partial charge in [-0.3, -0.25) is 9.59 Å². The van der Waals surface area contributed by atoms with E-state index in [4.69, 9.17) is 16.3 Å². The maximum absolute atomic E-state index is 12.3. The smallest absolute Gasteiger partial charge is 0.422 e. The Kier molecular flexibility index (Phi) is 6.43. The summed E-state index contributed by atoms with van der Waals surface area (Å²) in [4.78, 5) is 23.5. The van der Waals surface area contributed by atoms with Crippen LogP contribution in [0.25, 0.3) is 0 Å². The minimum Gasteiger partial charge on any atom is -0.480 e. The van der Waals surface area contributed by atoms with Gasteiger partial charge in [-0.15, -0.1) is 0 Å². The fourth-order valence-electron chi connectivity index (χ4n) is 1.65. The summed E-state index contributed by atoms with van der Waals surface area (Å²) in [6.45, 7) is 2.89. The average molecular weight is 357 g/mol. The van der Waals surface area contributed by atoms with Crippen molar-refractivity contribution in [2.45, 2.75) is 39.4 Å². The zero-order chi connectivity index (χ0) is 17.8. The normalized spacial score (nSPS) is 11.7. The summed E-state index contributed by atoms with van der Waals surface area (Å²) in [6, 6.07) is 0. The van der Waals surface area contributed by atoms with E-state index in [1.54, 1.807) is 20.8 Å². The second-order valence-electron chi connectivity index (χ2n) is 4.85. The molecule has 0 aliphatic rings. The minimum absolute atomic E-state index is 0.0446. The SMILES string of the molecule is CCOC(=O)Cn1nc(C(C)C)c(OCC(F)(F)F)c(Cl)c1=O. The summed E-state index contributed by atoms with van der Waals surface area (Å²) in [5.74, 6) is -1.52. The summed E-state index contributed by atoms with van der Waals surface area (Å²) >= 11 is 5.82. The van der Waals surface area contributed by atoms with Gasteiger partial charge in [0, 0.05) is 5.92 Å². The standard InChI is InChI=1S/C13H16ClF3N2O4/c1-4-22-8(20)5-19-12(21)9(14)11(10(18-19)7(2)3)23-6-13(15,16)17/h7H,4-6H2,1-3H3. The van der Waals surface area contributed by atoms with Crippen molar-refractivity contribution in [1.82, 2.24) is 9.78 Å². The Hall–Kier alpha value is -1.77. The number of alkyl halides is 3. The van der Waals surface area contributed by atoms with Crippen molar-refractivity contribution < 1.29 is 27.4 Å². The third-order valence-electron chi connectivity index (χ3n) is 2.59. The van der Waals surface area contributed by atoms with Gasteiger partial charge in [-0.25, -0.2) is 4.68 Å². The van der Waals surface area contributed by atoms with Crippen molar-refractivity contribution in [3.05, 3.63) is 21.1 Å². The molecular weight excluding hydrogens is 341 g/mol. The van der Waals surface area contributed by atoms with Gasteiger partial charge in [0.05, 0.1) is 6.61 Å². The lowest BCUT2D eigenvalue weighted by atomic mass is 10.1. The lowest BCUT2D eigenvalue weighted by Crippen LogP contribution is -2.31. The number of aromatic nitrogens is 2. The van der Waals surface area contributed by atoms with Gasteiger partial charge in [0.15, 0.2) is 17.4 Å². The molecule has 0 unspecified atom stereocenters. The lowest BCUT2D eigenvalue weighted by Gasteiger charge is -2.17. The number of nitrogens with zero attached hydrogens (tertiary/aromatic N) is 2. The van der Waals surface area contributed by atoms with Gasteiger partial charge < -0.3 is 9.47 Å². The number of hydrogen-bond donors (Lipinski definition) is 0. The van der Waals surface area contributed by atoms with Crippen molar-refractivity contribution in [1.29, 1.82) is 0 Å². The number of carbonyl (C=O) groups is 1. The summed E-state index contributed by atoms with van der Waals surface area (Å²) in [5.41, 5.74) is -0.885. The van der Waals surface area contributed by atoms with Gasteiger partial charge in [-0.1, -0.05) is 25.4 Å². The lowest BCUT2D eigenvalue weighted by molar-refractivity contribution is -0.153. The van der Waals surface area contributed by atoms with Crippen LogP contribution in [0.15, 0.2) is 4.79 Å². The van der Waals surface area contributed by atoms with E-state index in [0.29, 0.717) is 0 Å². The largest absolute Gasteiger partial charge is 0.480 e. The maximum Gasteiger partial charge on any atom is 0.422 e. The van der Waals surface area contributed by atoms with E-state index >= 15 is 0 Å². The molecule has 0 bridgehead atoms. The fraction of sp³-hybridized carbons (Fsp3) is 0.615. The minimum atomic E-state index is -4.59. The fourth-order valence-corrected chi connectivity index (χ4v) is 1.90. The third kappa shape index (κ3) is 5.42. The van der Waals surface area contributed by atoms with Crippen LogP contribution < -0.4 is 10.3 Å². The van der Waals surface area contributed by atoms with Crippen molar-refractivity contribution in [3.63, 3.8) is 0 Å². The molecule has 23 heavy (non-hydrogen) atoms. The van der Waals surface area contributed by atoms with Crippen molar-refractivity contribution in [2.24, 2.45) is 0 Å². The Morgan fingerprint density at radius 2 is 2.00 bits per heavy atom. The molecule has 0 radical (unpaired) electrons. The van der Waals surface area contributed by atoms with Gasteiger partial charge in [0.1, 0.15) is 12.2 Å². The molecule has 10 heteroatoms. The van der Waals surface area contributed by atoms with Crippen LogP contribution in [0.4, 0.5) is 13.2 Å². The number of halogens is 4. The van der Waals surface area contributed by atoms with Gasteiger partial charge in [0.2, 0.25) is 0 Å². The monoisotopic (exact) mass is 356 g/mol. The Labute approximate surface area is 135 Å². The van der Waals surface area contributed by atoms with Crippen molar-refractivity contribution in [3.8, 4) is 5.75 Å². The third-order valence-corrected chi connectivity index (χ3v) is 2.93. The van der Waals surface area contributed by atoms with Crippen LogP contribution in [0.1, 0.15) is 32.4 Å². The van der Waals surface area contributed by atoms with Crippen LogP contribution >= 0.6 is 11.6 Å². The summed E-state index contributed by atoms with van der Waals surface area (Å²) in [7, 11) is 0. The molecule has 1 heterocycles. The first kappa shape index (κ1) is 19.3. The molecule has 0 amide bonds. The molecule has 0 spiro atoms. The number of hydrogen-bond acceptors (Lipinski definition) is 5. The van der Waals surface area contributed by atoms with Gasteiger partial charge in [-0.05, 0) is 6.92 Å². The molecule has 1 rings (SSSR count).